The van der Waals surface area contributed by atoms with E-state index in [4.69, 9.17) is 18.6 Å². The van der Waals surface area contributed by atoms with Gasteiger partial charge in [-0.05, 0) is 31.2 Å². The van der Waals surface area contributed by atoms with Gasteiger partial charge in [0.15, 0.2) is 6.61 Å². The van der Waals surface area contributed by atoms with E-state index in [-0.39, 0.29) is 5.76 Å². The second kappa shape index (κ2) is 8.70. The van der Waals surface area contributed by atoms with E-state index in [1.807, 2.05) is 0 Å². The summed E-state index contributed by atoms with van der Waals surface area (Å²) in [7, 11) is 3.03. The minimum atomic E-state index is -0.982. The van der Waals surface area contributed by atoms with Gasteiger partial charge in [0.05, 0.1) is 26.3 Å². The summed E-state index contributed by atoms with van der Waals surface area (Å²) >= 11 is 0. The van der Waals surface area contributed by atoms with E-state index < -0.39 is 35.3 Å². The molecule has 0 fully saturated rings. The number of nitro groups is 1. The summed E-state index contributed by atoms with van der Waals surface area (Å²) in [5.41, 5.74) is 0.679. The van der Waals surface area contributed by atoms with E-state index >= 15 is 0 Å². The number of nitrogens with one attached hydrogen (secondary N) is 1. The Hall–Kier alpha value is -3.56. The molecule has 0 aliphatic rings. The number of nitrogens with zero attached hydrogens (tertiary/aromatic N) is 1. The predicted octanol–water partition coefficient (Wildman–Crippen LogP) is 2.24. The average molecular weight is 378 g/mol. The molecule has 1 aromatic carbocycles. The lowest BCUT2D eigenvalue weighted by atomic mass is 10.1. The van der Waals surface area contributed by atoms with Gasteiger partial charge in [0, 0.05) is 5.56 Å². The van der Waals surface area contributed by atoms with Gasteiger partial charge >= 0.3 is 11.9 Å². The molecule has 144 valence electrons. The lowest BCUT2D eigenvalue weighted by Gasteiger charge is -2.18. The van der Waals surface area contributed by atoms with E-state index in [1.54, 1.807) is 25.1 Å². The minimum Gasteiger partial charge on any atom is -0.497 e. The Kier molecular flexibility index (Phi) is 6.36. The standard InChI is InChI=1S/C17H18N2O8/c1-10(12-8-11(24-2)4-5-13(12)25-3)18-15(20)9-26-17(21)14-6-7-16(27-14)19(22)23/h4-8,10H,9H2,1-3H3,(H,18,20)/t10-/m1/s1. The fourth-order valence-electron chi connectivity index (χ4n) is 2.28. The number of methoxy groups -OCH3 is 2. The van der Waals surface area contributed by atoms with Gasteiger partial charge in [-0.25, -0.2) is 4.79 Å². The first-order valence-electron chi connectivity index (χ1n) is 7.78. The molecule has 1 amide bonds. The number of rotatable bonds is 8. The van der Waals surface area contributed by atoms with Gasteiger partial charge in [-0.15, -0.1) is 0 Å². The zero-order valence-corrected chi connectivity index (χ0v) is 14.9. The molecule has 10 heteroatoms. The highest BCUT2D eigenvalue weighted by molar-refractivity contribution is 5.89. The van der Waals surface area contributed by atoms with E-state index in [0.717, 1.165) is 12.1 Å². The fraction of sp³-hybridized carbons (Fsp3) is 0.294. The van der Waals surface area contributed by atoms with Crippen molar-refractivity contribution in [3.05, 3.63) is 51.8 Å². The molecule has 0 radical (unpaired) electrons. The van der Waals surface area contributed by atoms with Crippen LogP contribution in [0, 0.1) is 10.1 Å². The van der Waals surface area contributed by atoms with Gasteiger partial charge in [-0.2, -0.15) is 0 Å². The molecule has 0 unspecified atom stereocenters. The molecule has 0 saturated heterocycles. The number of carbonyl (C=O) groups excluding carboxylic acids is 2. The van der Waals surface area contributed by atoms with Crippen LogP contribution in [0.25, 0.3) is 0 Å². The minimum absolute atomic E-state index is 0.364. The van der Waals surface area contributed by atoms with Crippen molar-refractivity contribution in [2.75, 3.05) is 20.8 Å². The van der Waals surface area contributed by atoms with Crippen LogP contribution in [0.2, 0.25) is 0 Å². The van der Waals surface area contributed by atoms with Crippen LogP contribution in [0.3, 0.4) is 0 Å². The summed E-state index contributed by atoms with van der Waals surface area (Å²) in [4.78, 5) is 33.5. The van der Waals surface area contributed by atoms with Crippen LogP contribution < -0.4 is 14.8 Å². The molecule has 0 aliphatic heterocycles. The van der Waals surface area contributed by atoms with E-state index in [2.05, 4.69) is 5.32 Å². The number of ether oxygens (including phenoxy) is 3. The fourth-order valence-corrected chi connectivity index (χ4v) is 2.28. The maximum absolute atomic E-state index is 12.0. The van der Waals surface area contributed by atoms with Crippen LogP contribution in [-0.4, -0.2) is 37.6 Å². The zero-order valence-electron chi connectivity index (χ0n) is 14.9. The number of hydrogen-bond donors (Lipinski definition) is 1. The van der Waals surface area contributed by atoms with Crippen LogP contribution in [-0.2, 0) is 9.53 Å². The summed E-state index contributed by atoms with van der Waals surface area (Å²) in [6, 6.07) is 6.82. The van der Waals surface area contributed by atoms with Crippen LogP contribution in [0.5, 0.6) is 11.5 Å². The van der Waals surface area contributed by atoms with Gasteiger partial charge in [0.1, 0.15) is 16.4 Å². The molecule has 0 spiro atoms. The molecule has 1 aromatic heterocycles. The van der Waals surface area contributed by atoms with Crippen LogP contribution in [0.15, 0.2) is 34.7 Å². The first-order chi connectivity index (χ1) is 12.8. The number of hydrogen-bond acceptors (Lipinski definition) is 8. The van der Waals surface area contributed by atoms with Crippen molar-refractivity contribution in [1.82, 2.24) is 5.32 Å². The van der Waals surface area contributed by atoms with E-state index in [9.17, 15) is 19.7 Å². The van der Waals surface area contributed by atoms with Crippen molar-refractivity contribution in [3.8, 4) is 11.5 Å². The second-order valence-corrected chi connectivity index (χ2v) is 5.37. The molecule has 27 heavy (non-hydrogen) atoms. The maximum Gasteiger partial charge on any atom is 0.433 e. The number of carbonyl (C=O) groups is 2. The maximum atomic E-state index is 12.0. The van der Waals surface area contributed by atoms with Crippen molar-refractivity contribution in [2.24, 2.45) is 0 Å². The molecule has 0 saturated carbocycles. The summed E-state index contributed by atoms with van der Waals surface area (Å²) in [6.07, 6.45) is 0. The van der Waals surface area contributed by atoms with Crippen LogP contribution >= 0.6 is 0 Å². The molecule has 10 nitrogen and oxygen atoms in total. The number of amides is 1. The Morgan fingerprint density at radius 2 is 1.96 bits per heavy atom. The molecule has 0 bridgehead atoms. The summed E-state index contributed by atoms with van der Waals surface area (Å²) < 4.78 is 19.9. The molecular weight excluding hydrogens is 360 g/mol. The second-order valence-electron chi connectivity index (χ2n) is 5.37. The lowest BCUT2D eigenvalue weighted by molar-refractivity contribution is -0.402. The first kappa shape index (κ1) is 19.8. The normalized spacial score (nSPS) is 11.4. The van der Waals surface area contributed by atoms with Gasteiger partial charge in [0.2, 0.25) is 5.76 Å². The highest BCUT2D eigenvalue weighted by Gasteiger charge is 2.20. The van der Waals surface area contributed by atoms with Crippen LogP contribution in [0.1, 0.15) is 29.1 Å². The molecular formula is C17H18N2O8. The zero-order chi connectivity index (χ0) is 20.0. The van der Waals surface area contributed by atoms with Crippen molar-refractivity contribution in [1.29, 1.82) is 0 Å². The number of esters is 1. The third kappa shape index (κ3) is 4.97. The largest absolute Gasteiger partial charge is 0.497 e. The van der Waals surface area contributed by atoms with Gasteiger partial charge in [-0.1, -0.05) is 0 Å². The van der Waals surface area contributed by atoms with Gasteiger partial charge in [-0.3, -0.25) is 14.9 Å². The Bertz CT molecular complexity index is 845. The summed E-state index contributed by atoms with van der Waals surface area (Å²) in [6.45, 7) is 1.15. The van der Waals surface area contributed by atoms with Crippen molar-refractivity contribution in [2.45, 2.75) is 13.0 Å². The smallest absolute Gasteiger partial charge is 0.433 e. The Morgan fingerprint density at radius 3 is 2.56 bits per heavy atom. The SMILES string of the molecule is COc1ccc(OC)c([C@@H](C)NC(=O)COC(=O)c2ccc([N+](=O)[O-])o2)c1. The van der Waals surface area contributed by atoms with Crippen molar-refractivity contribution >= 4 is 17.8 Å². The Labute approximate surface area is 154 Å². The Balaban J connectivity index is 1.95. The van der Waals surface area contributed by atoms with E-state index in [0.29, 0.717) is 17.1 Å². The third-order valence-electron chi connectivity index (χ3n) is 3.59. The first-order valence-corrected chi connectivity index (χ1v) is 7.78. The molecule has 1 N–H and O–H groups in total. The van der Waals surface area contributed by atoms with Crippen molar-refractivity contribution in [3.63, 3.8) is 0 Å². The molecule has 1 atom stereocenters. The average Bonchev–Trinajstić information content (AvgIpc) is 3.16. The third-order valence-corrected chi connectivity index (χ3v) is 3.59. The van der Waals surface area contributed by atoms with E-state index in [1.165, 1.54) is 14.2 Å². The van der Waals surface area contributed by atoms with Gasteiger partial charge < -0.3 is 23.9 Å². The molecule has 2 rings (SSSR count). The monoisotopic (exact) mass is 378 g/mol. The quantitative estimate of drug-likeness (QED) is 0.420. The molecule has 0 aliphatic carbocycles. The van der Waals surface area contributed by atoms with Crippen LogP contribution in [0.4, 0.5) is 5.88 Å². The molecule has 2 aromatic rings. The molecule has 1 heterocycles. The Morgan fingerprint density at radius 1 is 1.22 bits per heavy atom. The van der Waals surface area contributed by atoms with Gasteiger partial charge in [0.25, 0.3) is 5.91 Å². The highest BCUT2D eigenvalue weighted by atomic mass is 16.7. The lowest BCUT2D eigenvalue weighted by Crippen LogP contribution is -2.31. The summed E-state index contributed by atoms with van der Waals surface area (Å²) in [5, 5.41) is 13.2. The highest BCUT2D eigenvalue weighted by Crippen LogP contribution is 2.29. The number of furan rings is 1. The predicted molar refractivity (Wildman–Crippen MR) is 91.7 cm³/mol. The number of benzene rings is 1. The summed E-state index contributed by atoms with van der Waals surface area (Å²) in [5.74, 6) is -1.35. The van der Waals surface area contributed by atoms with Crippen molar-refractivity contribution < 1.29 is 33.1 Å². The topological polar surface area (TPSA) is 130 Å².